The second-order valence-corrected chi connectivity index (χ2v) is 22.7. The molecule has 3 saturated carbocycles. The summed E-state index contributed by atoms with van der Waals surface area (Å²) in [6, 6.07) is 14.8. The van der Waals surface area contributed by atoms with Crippen molar-refractivity contribution in [3.63, 3.8) is 0 Å². The topological polar surface area (TPSA) is 231 Å². The van der Waals surface area contributed by atoms with Crippen molar-refractivity contribution in [3.05, 3.63) is 156 Å². The molecule has 0 aromatic heterocycles. The molecular formula is C64H79NO15. The maximum atomic E-state index is 15.3. The van der Waals surface area contributed by atoms with Gasteiger partial charge in [-0.05, 0) is 115 Å². The lowest BCUT2D eigenvalue weighted by Crippen LogP contribution is -2.90. The normalized spacial score (nSPS) is 30.6. The zero-order chi connectivity index (χ0) is 58.1. The largest absolute Gasteiger partial charge is 0.455 e. The zero-order valence-corrected chi connectivity index (χ0v) is 47.3. The van der Waals surface area contributed by atoms with E-state index in [4.69, 9.17) is 28.4 Å². The molecule has 4 fully saturated rings. The highest BCUT2D eigenvalue weighted by atomic mass is 16.6. The van der Waals surface area contributed by atoms with E-state index in [-0.39, 0.29) is 42.6 Å². The SMILES string of the molecule is CC/C=C\C/C=C\C/C=C\C/C=C\C/C=C\C/C=C\CCC(=O)O[C@@H](C(=O)O[C@]12CC3(O)[C@@H](OC(=O)c4ccccc4)[C@H]4C(C)(C(=O)C(O)C(=C1C)C32C)C(O)C[C@H]1OC[C@]14OC(C)=O)[C@@H](NC(=O)OC(C)(C)C)c1ccccc1. The standard InChI is InChI=1S/C64H79NO15/c1-9-10-11-12-13-14-15-16-17-18-19-20-21-22-23-24-25-26-33-38-48(68)76-52(50(44-34-29-27-30-35-44)65-58(73)80-59(4,5)6)57(72)79-64-40-63(74)55(77-56(71)45-36-31-28-32-37-45)53-60(7,54(70)51(69)49(42(64)2)61(63,64)8)46(67)39-47-62(53,41-75-47)78-43(3)66/h10-11,13-14,16-17,19-20,22-23,25-32,34-37,46-47,50-53,55,67,69,74H,9,12,15,18,21,24,33,38-41H2,1-8H3,(H,65,73)/b11-10-,14-13-,17-16-,20-19-,23-22-,26-25-/t46?,47-,50+,51?,52-,53+,55+,60?,61?,62+,63?,64-/m1/s1. The van der Waals surface area contributed by atoms with E-state index in [1.54, 1.807) is 69.3 Å². The molecule has 2 aromatic rings. The summed E-state index contributed by atoms with van der Waals surface area (Å²) >= 11 is 0. The zero-order valence-electron chi connectivity index (χ0n) is 47.3. The lowest BCUT2D eigenvalue weighted by molar-refractivity contribution is -0.376. The van der Waals surface area contributed by atoms with Gasteiger partial charge in [0.25, 0.3) is 0 Å². The van der Waals surface area contributed by atoms with Crippen LogP contribution in [0.15, 0.2) is 145 Å². The first-order valence-electron chi connectivity index (χ1n) is 27.8. The van der Waals surface area contributed by atoms with Crippen LogP contribution in [0, 0.1) is 16.7 Å². The molecule has 1 heterocycles. The monoisotopic (exact) mass is 1100 g/mol. The summed E-state index contributed by atoms with van der Waals surface area (Å²) in [4.78, 5) is 85.4. The third-order valence-corrected chi connectivity index (χ3v) is 16.5. The van der Waals surface area contributed by atoms with Crippen molar-refractivity contribution in [2.45, 2.75) is 179 Å². The van der Waals surface area contributed by atoms with Gasteiger partial charge in [-0.25, -0.2) is 14.4 Å². The number of carbonyl (C=O) groups is 6. The number of alkyl carbamates (subject to hydrolysis) is 1. The second-order valence-electron chi connectivity index (χ2n) is 22.7. The Hall–Kier alpha value is -6.72. The number of nitrogens with one attached hydrogen (secondary N) is 1. The lowest BCUT2D eigenvalue weighted by atomic mass is 9.30. The van der Waals surface area contributed by atoms with E-state index >= 15 is 9.59 Å². The number of amides is 1. The summed E-state index contributed by atoms with van der Waals surface area (Å²) in [6.45, 7) is 12.4. The molecule has 430 valence electrons. The highest BCUT2D eigenvalue weighted by Gasteiger charge is 2.89. The fraction of sp³-hybridized carbons (Fsp3) is 0.500. The summed E-state index contributed by atoms with van der Waals surface area (Å²) in [7, 11) is 0. The Morgan fingerprint density at radius 1 is 0.800 bits per heavy atom. The Kier molecular flexibility index (Phi) is 19.3. The van der Waals surface area contributed by atoms with Gasteiger partial charge in [0.1, 0.15) is 41.2 Å². The van der Waals surface area contributed by atoms with E-state index < -0.39 is 118 Å². The predicted octanol–water partition coefficient (Wildman–Crippen LogP) is 9.65. The number of ketones is 1. The number of fused-ring (bicyclic) bond motifs is 3. The van der Waals surface area contributed by atoms with E-state index in [0.29, 0.717) is 12.0 Å². The first kappa shape index (κ1) is 60.9. The summed E-state index contributed by atoms with van der Waals surface area (Å²) in [6.07, 6.45) is 20.2. The summed E-state index contributed by atoms with van der Waals surface area (Å²) in [5, 5.41) is 40.7. The van der Waals surface area contributed by atoms with E-state index in [1.165, 1.54) is 32.9 Å². The fourth-order valence-electron chi connectivity index (χ4n) is 12.5. The van der Waals surface area contributed by atoms with Crippen molar-refractivity contribution in [1.82, 2.24) is 5.32 Å². The Morgan fingerprint density at radius 3 is 1.88 bits per heavy atom. The van der Waals surface area contributed by atoms with Gasteiger partial charge in [0.15, 0.2) is 11.4 Å². The Morgan fingerprint density at radius 2 is 1.35 bits per heavy atom. The van der Waals surface area contributed by atoms with Crippen molar-refractivity contribution in [1.29, 1.82) is 0 Å². The van der Waals surface area contributed by atoms with Gasteiger partial charge in [0, 0.05) is 26.2 Å². The maximum Gasteiger partial charge on any atom is 0.408 e. The van der Waals surface area contributed by atoms with Gasteiger partial charge < -0.3 is 49.1 Å². The van der Waals surface area contributed by atoms with Crippen LogP contribution in [-0.4, -0.2) is 111 Å². The molecule has 0 spiro atoms. The van der Waals surface area contributed by atoms with Gasteiger partial charge in [-0.3, -0.25) is 14.4 Å². The van der Waals surface area contributed by atoms with Gasteiger partial charge in [-0.15, -0.1) is 0 Å². The average molecular weight is 1100 g/mol. The van der Waals surface area contributed by atoms with Gasteiger partial charge in [-0.2, -0.15) is 0 Å². The minimum Gasteiger partial charge on any atom is -0.455 e. The van der Waals surface area contributed by atoms with Crippen LogP contribution in [0.3, 0.4) is 0 Å². The number of hydrogen-bond acceptors (Lipinski definition) is 15. The van der Waals surface area contributed by atoms with Crippen LogP contribution in [0.2, 0.25) is 0 Å². The van der Waals surface area contributed by atoms with Gasteiger partial charge in [0.2, 0.25) is 6.10 Å². The predicted molar refractivity (Wildman–Crippen MR) is 298 cm³/mol. The van der Waals surface area contributed by atoms with Crippen molar-refractivity contribution in [2.24, 2.45) is 16.7 Å². The van der Waals surface area contributed by atoms with Crippen LogP contribution >= 0.6 is 0 Å². The van der Waals surface area contributed by atoms with Gasteiger partial charge in [-0.1, -0.05) is 128 Å². The van der Waals surface area contributed by atoms with Crippen LogP contribution in [-0.2, 0) is 47.6 Å². The van der Waals surface area contributed by atoms with Crippen molar-refractivity contribution < 1.29 is 72.5 Å². The average Bonchev–Trinajstić information content (AvgIpc) is 3.52. The molecule has 2 aromatic carbocycles. The molecule has 16 heteroatoms. The molecule has 5 aliphatic rings. The second kappa shape index (κ2) is 25.4. The highest BCUT2D eigenvalue weighted by molar-refractivity contribution is 5.95. The van der Waals surface area contributed by atoms with Gasteiger partial charge >= 0.3 is 30.0 Å². The quantitative estimate of drug-likeness (QED) is 0.0461. The number of hydrogen-bond donors (Lipinski definition) is 4. The molecule has 80 heavy (non-hydrogen) atoms. The highest BCUT2D eigenvalue weighted by Crippen LogP contribution is 2.78. The molecular weight excluding hydrogens is 1020 g/mol. The summed E-state index contributed by atoms with van der Waals surface area (Å²) in [5.41, 5.74) is -10.4. The number of aliphatic hydroxyl groups excluding tert-OH is 2. The van der Waals surface area contributed by atoms with Crippen LogP contribution in [0.4, 0.5) is 4.79 Å². The first-order chi connectivity index (χ1) is 38.0. The molecule has 0 radical (unpaired) electrons. The van der Waals surface area contributed by atoms with E-state index in [1.807, 2.05) is 18.2 Å². The van der Waals surface area contributed by atoms with Crippen molar-refractivity contribution >= 4 is 35.8 Å². The number of carbonyl (C=O) groups excluding carboxylic acids is 6. The molecule has 1 amide bonds. The number of Topliss-reactive ketones (excluding diaryl/α,β-unsaturated/α-hetero) is 1. The minimum atomic E-state index is -2.33. The summed E-state index contributed by atoms with van der Waals surface area (Å²) < 4.78 is 36.6. The molecule has 7 rings (SSSR count). The van der Waals surface area contributed by atoms with E-state index in [0.717, 1.165) is 39.0 Å². The smallest absolute Gasteiger partial charge is 0.408 e. The molecule has 1 aliphatic heterocycles. The van der Waals surface area contributed by atoms with Crippen LogP contribution < -0.4 is 5.32 Å². The third kappa shape index (κ3) is 12.0. The molecule has 4 N–H and O–H groups in total. The number of allylic oxidation sites excluding steroid dienone is 12. The lowest BCUT2D eigenvalue weighted by Gasteiger charge is -2.78. The van der Waals surface area contributed by atoms with Crippen LogP contribution in [0.5, 0.6) is 0 Å². The third-order valence-electron chi connectivity index (χ3n) is 16.5. The Bertz CT molecular complexity index is 2810. The summed E-state index contributed by atoms with van der Waals surface area (Å²) in [5.74, 6) is -6.13. The van der Waals surface area contributed by atoms with Crippen LogP contribution in [0.1, 0.15) is 142 Å². The molecule has 16 nitrogen and oxygen atoms in total. The van der Waals surface area contributed by atoms with Crippen LogP contribution in [0.25, 0.3) is 0 Å². The maximum absolute atomic E-state index is 15.3. The number of benzene rings is 2. The number of esters is 4. The molecule has 12 atom stereocenters. The Labute approximate surface area is 469 Å². The molecule has 0 bridgehead atoms. The minimum absolute atomic E-state index is 0.0402. The van der Waals surface area contributed by atoms with Crippen molar-refractivity contribution in [3.8, 4) is 0 Å². The molecule has 5 unspecified atom stereocenters. The molecule has 1 saturated heterocycles. The van der Waals surface area contributed by atoms with Gasteiger partial charge in [0.05, 0.1) is 35.0 Å². The number of rotatable bonds is 23. The van der Waals surface area contributed by atoms with E-state index in [2.05, 4.69) is 66.9 Å². The fourth-order valence-corrected chi connectivity index (χ4v) is 12.5. The first-order valence-corrected chi connectivity index (χ1v) is 27.8. The number of ether oxygens (including phenoxy) is 6. The van der Waals surface area contributed by atoms with E-state index in [9.17, 15) is 34.5 Å². The Balaban J connectivity index is 1.15. The number of aliphatic hydroxyl groups is 3. The van der Waals surface area contributed by atoms with Crippen molar-refractivity contribution in [2.75, 3.05) is 6.61 Å². The molecule has 4 aliphatic carbocycles.